The van der Waals surface area contributed by atoms with Gasteiger partial charge < -0.3 is 4.74 Å². The number of hydrogen-bond acceptors (Lipinski definition) is 2. The maximum Gasteiger partial charge on any atom is 0.311 e. The summed E-state index contributed by atoms with van der Waals surface area (Å²) in [5.74, 6) is 0.376. The molecular formula is C20H19ClO2. The molecule has 0 bridgehead atoms. The van der Waals surface area contributed by atoms with Gasteiger partial charge in [0.05, 0.1) is 5.02 Å². The van der Waals surface area contributed by atoms with Crippen molar-refractivity contribution in [2.24, 2.45) is 0 Å². The van der Waals surface area contributed by atoms with Gasteiger partial charge in [-0.25, -0.2) is 0 Å². The van der Waals surface area contributed by atoms with Crippen LogP contribution < -0.4 is 4.74 Å². The molecule has 0 radical (unpaired) electrons. The summed E-state index contributed by atoms with van der Waals surface area (Å²) < 4.78 is 5.74. The predicted octanol–water partition coefficient (Wildman–Crippen LogP) is 6.13. The van der Waals surface area contributed by atoms with Crippen LogP contribution in [0.25, 0.3) is 21.5 Å². The second-order valence-electron chi connectivity index (χ2n) is 5.70. The van der Waals surface area contributed by atoms with Gasteiger partial charge in [0.1, 0.15) is 5.75 Å². The first-order chi connectivity index (χ1) is 11.2. The molecule has 23 heavy (non-hydrogen) atoms. The van der Waals surface area contributed by atoms with E-state index >= 15 is 0 Å². The molecule has 0 aromatic heterocycles. The molecule has 2 nitrogen and oxygen atoms in total. The molecule has 3 aromatic rings. The molecule has 0 unspecified atom stereocenters. The van der Waals surface area contributed by atoms with Crippen molar-refractivity contribution in [2.45, 2.75) is 32.6 Å². The number of benzene rings is 3. The highest BCUT2D eigenvalue weighted by molar-refractivity contribution is 6.37. The molecule has 0 aliphatic carbocycles. The monoisotopic (exact) mass is 326 g/mol. The summed E-state index contributed by atoms with van der Waals surface area (Å²) in [5.41, 5.74) is 0. The Labute approximate surface area is 141 Å². The van der Waals surface area contributed by atoms with Gasteiger partial charge in [-0.1, -0.05) is 67.8 Å². The molecule has 0 fully saturated rings. The Balaban J connectivity index is 2.09. The molecule has 0 N–H and O–H groups in total. The van der Waals surface area contributed by atoms with Crippen LogP contribution in [0.4, 0.5) is 0 Å². The van der Waals surface area contributed by atoms with Crippen molar-refractivity contribution < 1.29 is 9.53 Å². The number of carbonyl (C=O) groups excluding carboxylic acids is 1. The number of ether oxygens (including phenoxy) is 1. The molecule has 3 heteroatoms. The standard InChI is InChI=1S/C20H19ClO2/c1-2-3-4-12-18(22)23-20-16-10-6-5-8-14(16)13-15-9-7-11-17(21)19(15)20/h5-11,13H,2-4,12H2,1H3. The average Bonchev–Trinajstić information content (AvgIpc) is 2.55. The number of halogens is 1. The molecule has 118 valence electrons. The van der Waals surface area contributed by atoms with E-state index in [1.807, 2.05) is 42.5 Å². The van der Waals surface area contributed by atoms with Gasteiger partial charge in [-0.05, 0) is 29.3 Å². The number of carbonyl (C=O) groups is 1. The van der Waals surface area contributed by atoms with Gasteiger partial charge in [-0.15, -0.1) is 0 Å². The highest BCUT2D eigenvalue weighted by Crippen LogP contribution is 2.39. The van der Waals surface area contributed by atoms with E-state index in [1.165, 1.54) is 0 Å². The molecule has 0 aliphatic heterocycles. The van der Waals surface area contributed by atoms with Crippen molar-refractivity contribution in [3.63, 3.8) is 0 Å². The SMILES string of the molecule is CCCCCC(=O)Oc1c2ccccc2cc2cccc(Cl)c12. The number of esters is 1. The van der Waals surface area contributed by atoms with Crippen molar-refractivity contribution in [3.8, 4) is 5.75 Å². The van der Waals surface area contributed by atoms with E-state index in [9.17, 15) is 4.79 Å². The van der Waals surface area contributed by atoms with Crippen LogP contribution in [0.1, 0.15) is 32.6 Å². The van der Waals surface area contributed by atoms with Crippen molar-refractivity contribution in [3.05, 3.63) is 53.6 Å². The van der Waals surface area contributed by atoms with Crippen molar-refractivity contribution in [1.29, 1.82) is 0 Å². The van der Waals surface area contributed by atoms with Crippen LogP contribution in [0.2, 0.25) is 5.02 Å². The molecule has 3 rings (SSSR count). The van der Waals surface area contributed by atoms with Gasteiger partial charge in [-0.2, -0.15) is 0 Å². The largest absolute Gasteiger partial charge is 0.425 e. The van der Waals surface area contributed by atoms with Gasteiger partial charge in [0.15, 0.2) is 0 Å². The van der Waals surface area contributed by atoms with E-state index in [0.717, 1.165) is 40.8 Å². The minimum Gasteiger partial charge on any atom is -0.425 e. The van der Waals surface area contributed by atoms with Gasteiger partial charge in [0.25, 0.3) is 0 Å². The minimum atomic E-state index is -0.198. The third kappa shape index (κ3) is 3.32. The maximum absolute atomic E-state index is 12.2. The first kappa shape index (κ1) is 15.8. The fourth-order valence-electron chi connectivity index (χ4n) is 2.82. The fraction of sp³-hybridized carbons (Fsp3) is 0.250. The quantitative estimate of drug-likeness (QED) is 0.244. The first-order valence-electron chi connectivity index (χ1n) is 8.01. The van der Waals surface area contributed by atoms with Crippen molar-refractivity contribution >= 4 is 39.1 Å². The summed E-state index contributed by atoms with van der Waals surface area (Å²) in [6.45, 7) is 2.11. The third-order valence-electron chi connectivity index (χ3n) is 3.99. The van der Waals surface area contributed by atoms with Gasteiger partial charge in [0.2, 0.25) is 0 Å². The number of rotatable bonds is 5. The lowest BCUT2D eigenvalue weighted by Gasteiger charge is -2.13. The maximum atomic E-state index is 12.2. The van der Waals surface area contributed by atoms with E-state index < -0.39 is 0 Å². The highest BCUT2D eigenvalue weighted by atomic mass is 35.5. The topological polar surface area (TPSA) is 26.3 Å². The zero-order valence-electron chi connectivity index (χ0n) is 13.1. The van der Waals surface area contributed by atoms with E-state index in [-0.39, 0.29) is 5.97 Å². The number of hydrogen-bond donors (Lipinski definition) is 0. The number of fused-ring (bicyclic) bond motifs is 2. The predicted molar refractivity (Wildman–Crippen MR) is 96.2 cm³/mol. The summed E-state index contributed by atoms with van der Waals surface area (Å²) in [4.78, 5) is 12.2. The molecule has 0 saturated carbocycles. The lowest BCUT2D eigenvalue weighted by molar-refractivity contribution is -0.134. The van der Waals surface area contributed by atoms with Gasteiger partial charge in [0, 0.05) is 17.2 Å². The second kappa shape index (κ2) is 7.01. The Hall–Kier alpha value is -2.06. The fourth-order valence-corrected chi connectivity index (χ4v) is 3.09. The third-order valence-corrected chi connectivity index (χ3v) is 4.30. The van der Waals surface area contributed by atoms with E-state index in [2.05, 4.69) is 13.0 Å². The number of unbranched alkanes of at least 4 members (excludes halogenated alkanes) is 2. The zero-order chi connectivity index (χ0) is 16.2. The van der Waals surface area contributed by atoms with Crippen LogP contribution in [-0.4, -0.2) is 5.97 Å². The molecule has 0 heterocycles. The average molecular weight is 327 g/mol. The summed E-state index contributed by atoms with van der Waals surface area (Å²) in [7, 11) is 0. The van der Waals surface area contributed by atoms with Gasteiger partial charge in [-0.3, -0.25) is 4.79 Å². The summed E-state index contributed by atoms with van der Waals surface area (Å²) >= 11 is 6.38. The molecule has 0 spiro atoms. The van der Waals surface area contributed by atoms with Crippen molar-refractivity contribution in [2.75, 3.05) is 0 Å². The van der Waals surface area contributed by atoms with Crippen LogP contribution in [0.5, 0.6) is 5.75 Å². The van der Waals surface area contributed by atoms with Crippen LogP contribution in [0, 0.1) is 0 Å². The Morgan fingerprint density at radius 1 is 1.04 bits per heavy atom. The molecule has 0 aliphatic rings. The van der Waals surface area contributed by atoms with Crippen LogP contribution in [0.15, 0.2) is 48.5 Å². The van der Waals surface area contributed by atoms with E-state index in [1.54, 1.807) is 0 Å². The lowest BCUT2D eigenvalue weighted by atomic mass is 10.0. The Morgan fingerprint density at radius 3 is 2.65 bits per heavy atom. The molecule has 0 saturated heterocycles. The highest BCUT2D eigenvalue weighted by Gasteiger charge is 2.15. The minimum absolute atomic E-state index is 0.198. The smallest absolute Gasteiger partial charge is 0.311 e. The Kier molecular flexibility index (Phi) is 4.82. The Morgan fingerprint density at radius 2 is 1.83 bits per heavy atom. The molecule has 0 amide bonds. The lowest BCUT2D eigenvalue weighted by Crippen LogP contribution is -2.08. The summed E-state index contributed by atoms with van der Waals surface area (Å²) in [5, 5.41) is 4.34. The summed E-state index contributed by atoms with van der Waals surface area (Å²) in [6.07, 6.45) is 3.40. The molecule has 3 aromatic carbocycles. The summed E-state index contributed by atoms with van der Waals surface area (Å²) in [6, 6.07) is 15.7. The molecule has 0 atom stereocenters. The van der Waals surface area contributed by atoms with E-state index in [0.29, 0.717) is 17.2 Å². The van der Waals surface area contributed by atoms with Gasteiger partial charge >= 0.3 is 5.97 Å². The van der Waals surface area contributed by atoms with Crippen LogP contribution in [-0.2, 0) is 4.79 Å². The van der Waals surface area contributed by atoms with Crippen LogP contribution in [0.3, 0.4) is 0 Å². The van der Waals surface area contributed by atoms with Crippen molar-refractivity contribution in [1.82, 2.24) is 0 Å². The Bertz CT molecular complexity index is 855. The normalized spacial score (nSPS) is 11.0. The van der Waals surface area contributed by atoms with Crippen LogP contribution >= 0.6 is 11.6 Å². The molecular weight excluding hydrogens is 308 g/mol. The first-order valence-corrected chi connectivity index (χ1v) is 8.39. The second-order valence-corrected chi connectivity index (χ2v) is 6.10. The zero-order valence-corrected chi connectivity index (χ0v) is 13.9. The van der Waals surface area contributed by atoms with E-state index in [4.69, 9.17) is 16.3 Å².